The first-order chi connectivity index (χ1) is 30.7. The van der Waals surface area contributed by atoms with E-state index in [2.05, 4.69) is 252 Å². The Morgan fingerprint density at radius 2 is 0.694 bits per heavy atom. The standard InChI is InChI=1S/C60H44N2/c1-4-12-43(13-5-1)45-20-24-47(25-21-45)49-28-35-54(36-29-49)61(55-37-30-50(31-38-55)48-26-22-46(23-27-48)44-14-6-2-7-15-44)56-39-32-51(33-40-56)52-34-41-60-58(42-52)57-18-10-11-19-59(57)62(60)53-16-8-3-9-17-53/h1-10,12-18,20-42H,11,19H2. The number of hydrogen-bond acceptors (Lipinski definition) is 1. The van der Waals surface area contributed by atoms with Crippen LogP contribution in [0.4, 0.5) is 17.1 Å². The second kappa shape index (κ2) is 16.3. The molecule has 0 bridgehead atoms. The summed E-state index contributed by atoms with van der Waals surface area (Å²) in [5.74, 6) is 0. The highest BCUT2D eigenvalue weighted by molar-refractivity contribution is 5.96. The molecule has 0 fully saturated rings. The Morgan fingerprint density at radius 1 is 0.339 bits per heavy atom. The van der Waals surface area contributed by atoms with Gasteiger partial charge in [0.05, 0.1) is 5.52 Å². The monoisotopic (exact) mass is 792 g/mol. The third kappa shape index (κ3) is 7.12. The van der Waals surface area contributed by atoms with Gasteiger partial charge in [0, 0.05) is 39.4 Å². The van der Waals surface area contributed by atoms with Gasteiger partial charge in [-0.25, -0.2) is 0 Å². The fraction of sp³-hybridized carbons (Fsp3) is 0.0333. The van der Waals surface area contributed by atoms with Gasteiger partial charge in [0.15, 0.2) is 0 Å². The van der Waals surface area contributed by atoms with E-state index in [4.69, 9.17) is 0 Å². The van der Waals surface area contributed by atoms with Crippen molar-refractivity contribution in [3.05, 3.63) is 248 Å². The van der Waals surface area contributed by atoms with Crippen LogP contribution >= 0.6 is 0 Å². The Kier molecular flexibility index (Phi) is 9.72. The molecule has 0 spiro atoms. The first-order valence-electron chi connectivity index (χ1n) is 21.6. The second-order valence-electron chi connectivity index (χ2n) is 16.1. The van der Waals surface area contributed by atoms with Crippen LogP contribution in [0.5, 0.6) is 0 Å². The van der Waals surface area contributed by atoms with Crippen LogP contribution in [0.25, 0.3) is 78.3 Å². The van der Waals surface area contributed by atoms with Crippen molar-refractivity contribution in [2.75, 3.05) is 4.90 Å². The van der Waals surface area contributed by atoms with Crippen LogP contribution in [-0.2, 0) is 6.42 Å². The maximum absolute atomic E-state index is 2.45. The van der Waals surface area contributed by atoms with E-state index >= 15 is 0 Å². The highest BCUT2D eigenvalue weighted by Gasteiger charge is 2.20. The zero-order valence-corrected chi connectivity index (χ0v) is 34.4. The molecule has 2 nitrogen and oxygen atoms in total. The van der Waals surface area contributed by atoms with Crippen LogP contribution < -0.4 is 4.90 Å². The maximum Gasteiger partial charge on any atom is 0.0538 e. The molecule has 0 radical (unpaired) electrons. The lowest BCUT2D eigenvalue weighted by atomic mass is 9.98. The first kappa shape index (κ1) is 37.1. The van der Waals surface area contributed by atoms with Gasteiger partial charge in [0.25, 0.3) is 0 Å². The van der Waals surface area contributed by atoms with Gasteiger partial charge in [-0.1, -0.05) is 182 Å². The Bertz CT molecular complexity index is 3020. The van der Waals surface area contributed by atoms with Gasteiger partial charge in [-0.2, -0.15) is 0 Å². The van der Waals surface area contributed by atoms with E-state index in [1.54, 1.807) is 0 Å². The average molecular weight is 793 g/mol. The molecule has 0 N–H and O–H groups in total. The van der Waals surface area contributed by atoms with Crippen LogP contribution in [0.3, 0.4) is 0 Å². The molecular formula is C60H44N2. The van der Waals surface area contributed by atoms with E-state index in [0.717, 1.165) is 29.9 Å². The molecular weight excluding hydrogens is 749 g/mol. The maximum atomic E-state index is 2.45. The minimum absolute atomic E-state index is 1.04. The molecule has 62 heavy (non-hydrogen) atoms. The summed E-state index contributed by atoms with van der Waals surface area (Å²) < 4.78 is 2.45. The summed E-state index contributed by atoms with van der Waals surface area (Å²) >= 11 is 0. The Labute approximate surface area is 364 Å². The Balaban J connectivity index is 0.930. The van der Waals surface area contributed by atoms with Gasteiger partial charge < -0.3 is 9.47 Å². The van der Waals surface area contributed by atoms with E-state index in [0.29, 0.717) is 0 Å². The van der Waals surface area contributed by atoms with E-state index in [9.17, 15) is 0 Å². The number of anilines is 3. The van der Waals surface area contributed by atoms with Crippen molar-refractivity contribution in [1.82, 2.24) is 4.57 Å². The molecule has 9 aromatic carbocycles. The molecule has 11 rings (SSSR count). The number of allylic oxidation sites excluding steroid dienone is 1. The molecule has 0 aliphatic heterocycles. The summed E-state index contributed by atoms with van der Waals surface area (Å²) in [6, 6.07) is 83.6. The van der Waals surface area contributed by atoms with E-state index in [1.165, 1.54) is 83.5 Å². The lowest BCUT2D eigenvalue weighted by molar-refractivity contribution is 0.888. The number of aromatic nitrogens is 1. The SMILES string of the molecule is C1=Cc2c(n(-c3ccccc3)c3ccc(-c4ccc(N(c5ccc(-c6ccc(-c7ccccc7)cc6)cc5)c5ccc(-c6ccc(-c7ccccc7)cc6)cc5)cc4)cc23)CC1. The first-order valence-corrected chi connectivity index (χ1v) is 21.6. The van der Waals surface area contributed by atoms with Crippen molar-refractivity contribution in [1.29, 1.82) is 0 Å². The molecule has 0 saturated heterocycles. The highest BCUT2D eigenvalue weighted by atomic mass is 15.1. The van der Waals surface area contributed by atoms with Crippen molar-refractivity contribution in [3.8, 4) is 61.3 Å². The zero-order valence-electron chi connectivity index (χ0n) is 34.4. The lowest BCUT2D eigenvalue weighted by Gasteiger charge is -2.26. The smallest absolute Gasteiger partial charge is 0.0538 e. The summed E-state index contributed by atoms with van der Waals surface area (Å²) in [4.78, 5) is 2.36. The van der Waals surface area contributed by atoms with Gasteiger partial charge in [0.1, 0.15) is 0 Å². The summed E-state index contributed by atoms with van der Waals surface area (Å²) in [6.07, 6.45) is 6.74. The molecule has 0 amide bonds. The third-order valence-corrected chi connectivity index (χ3v) is 12.3. The van der Waals surface area contributed by atoms with Gasteiger partial charge in [-0.15, -0.1) is 0 Å². The minimum atomic E-state index is 1.04. The number of rotatable bonds is 9. The number of fused-ring (bicyclic) bond motifs is 3. The number of para-hydroxylation sites is 1. The van der Waals surface area contributed by atoms with Crippen LogP contribution in [0.1, 0.15) is 17.7 Å². The predicted octanol–water partition coefficient (Wildman–Crippen LogP) is 16.4. The van der Waals surface area contributed by atoms with E-state index in [1.807, 2.05) is 0 Å². The van der Waals surface area contributed by atoms with Crippen LogP contribution in [0, 0.1) is 0 Å². The summed E-state index contributed by atoms with van der Waals surface area (Å²) in [7, 11) is 0. The molecule has 1 heterocycles. The second-order valence-corrected chi connectivity index (χ2v) is 16.1. The third-order valence-electron chi connectivity index (χ3n) is 12.3. The van der Waals surface area contributed by atoms with Crippen molar-refractivity contribution < 1.29 is 0 Å². The topological polar surface area (TPSA) is 8.17 Å². The molecule has 2 heteroatoms. The van der Waals surface area contributed by atoms with Crippen LogP contribution in [0.15, 0.2) is 237 Å². The van der Waals surface area contributed by atoms with Crippen molar-refractivity contribution in [2.24, 2.45) is 0 Å². The highest BCUT2D eigenvalue weighted by Crippen LogP contribution is 2.40. The summed E-state index contributed by atoms with van der Waals surface area (Å²) in [6.45, 7) is 0. The van der Waals surface area contributed by atoms with Crippen molar-refractivity contribution >= 4 is 34.0 Å². The lowest BCUT2D eigenvalue weighted by Crippen LogP contribution is -2.09. The predicted molar refractivity (Wildman–Crippen MR) is 262 cm³/mol. The molecule has 0 saturated carbocycles. The molecule has 10 aromatic rings. The molecule has 0 atom stereocenters. The van der Waals surface area contributed by atoms with Gasteiger partial charge in [0.2, 0.25) is 0 Å². The van der Waals surface area contributed by atoms with E-state index < -0.39 is 0 Å². The fourth-order valence-electron chi connectivity index (χ4n) is 9.10. The largest absolute Gasteiger partial charge is 0.313 e. The normalized spacial score (nSPS) is 12.0. The number of nitrogens with zero attached hydrogens (tertiary/aromatic N) is 2. The minimum Gasteiger partial charge on any atom is -0.313 e. The van der Waals surface area contributed by atoms with Crippen LogP contribution in [0.2, 0.25) is 0 Å². The van der Waals surface area contributed by atoms with E-state index in [-0.39, 0.29) is 0 Å². The van der Waals surface area contributed by atoms with Gasteiger partial charge >= 0.3 is 0 Å². The van der Waals surface area contributed by atoms with Gasteiger partial charge in [-0.3, -0.25) is 0 Å². The Hall–Kier alpha value is -7.94. The van der Waals surface area contributed by atoms with Crippen LogP contribution in [-0.4, -0.2) is 4.57 Å². The summed E-state index contributed by atoms with van der Waals surface area (Å²) in [5, 5.41) is 1.30. The average Bonchev–Trinajstić information content (AvgIpc) is 3.69. The zero-order chi connectivity index (χ0) is 41.2. The molecule has 1 aliphatic carbocycles. The quantitative estimate of drug-likeness (QED) is 0.141. The number of benzene rings is 9. The molecule has 1 aromatic heterocycles. The fourth-order valence-corrected chi connectivity index (χ4v) is 9.10. The number of hydrogen-bond donors (Lipinski definition) is 0. The molecule has 1 aliphatic rings. The van der Waals surface area contributed by atoms with Crippen molar-refractivity contribution in [3.63, 3.8) is 0 Å². The molecule has 0 unspecified atom stereocenters. The summed E-state index contributed by atoms with van der Waals surface area (Å²) in [5.41, 5.74) is 20.6. The van der Waals surface area contributed by atoms with Crippen molar-refractivity contribution in [2.45, 2.75) is 12.8 Å². The van der Waals surface area contributed by atoms with Gasteiger partial charge in [-0.05, 0) is 129 Å². The molecule has 294 valence electrons. The Morgan fingerprint density at radius 3 is 1.13 bits per heavy atom.